The molecule has 0 amide bonds. The van der Waals surface area contributed by atoms with Crippen LogP contribution in [0.4, 0.5) is 4.39 Å². The van der Waals surface area contributed by atoms with Crippen LogP contribution in [0.2, 0.25) is 0 Å². The topological polar surface area (TPSA) is 115 Å². The highest BCUT2D eigenvalue weighted by molar-refractivity contribution is 6.01. The number of carbonyl (C=O) groups is 2. The minimum absolute atomic E-state index is 0.0135. The van der Waals surface area contributed by atoms with E-state index < -0.39 is 58.5 Å². The van der Waals surface area contributed by atoms with Gasteiger partial charge >= 0.3 is 0 Å². The van der Waals surface area contributed by atoms with Gasteiger partial charge in [0, 0.05) is 16.7 Å². The highest BCUT2D eigenvalue weighted by atomic mass is 19.1. The van der Waals surface area contributed by atoms with Gasteiger partial charge in [0.1, 0.15) is 6.61 Å². The van der Waals surface area contributed by atoms with Crippen LogP contribution in [0.5, 0.6) is 0 Å². The van der Waals surface area contributed by atoms with E-state index >= 15 is 4.39 Å². The van der Waals surface area contributed by atoms with Gasteiger partial charge < -0.3 is 20.4 Å². The molecule has 4 aliphatic carbocycles. The summed E-state index contributed by atoms with van der Waals surface area (Å²) < 4.78 is 16.8. The van der Waals surface area contributed by atoms with Gasteiger partial charge in [0.25, 0.3) is 0 Å². The number of fused-ring (bicyclic) bond motifs is 5. The first kappa shape index (κ1) is 19.9. The van der Waals surface area contributed by atoms with E-state index in [0.29, 0.717) is 18.4 Å². The van der Waals surface area contributed by atoms with Crippen LogP contribution in [-0.2, 0) is 9.59 Å². The summed E-state index contributed by atoms with van der Waals surface area (Å²) in [7, 11) is 0. The van der Waals surface area contributed by atoms with Crippen LogP contribution in [0.3, 0.4) is 0 Å². The second-order valence-electron chi connectivity index (χ2n) is 9.36. The van der Waals surface area contributed by atoms with E-state index in [0.717, 1.165) is 0 Å². The molecule has 0 bridgehead atoms. The number of allylic oxidation sites excluding steroid dienone is 4. The molecule has 4 rings (SSSR count). The number of alkyl halides is 1. The fourth-order valence-electron chi connectivity index (χ4n) is 6.85. The molecule has 0 spiro atoms. The highest BCUT2D eigenvalue weighted by Gasteiger charge is 2.76. The molecular formula is C21H27FO6. The van der Waals surface area contributed by atoms with Crippen molar-refractivity contribution in [2.24, 2.45) is 22.7 Å². The van der Waals surface area contributed by atoms with Crippen molar-refractivity contribution >= 4 is 11.6 Å². The fraction of sp³-hybridized carbons (Fsp3) is 0.714. The van der Waals surface area contributed by atoms with Gasteiger partial charge in [0.15, 0.2) is 22.8 Å². The van der Waals surface area contributed by atoms with E-state index in [9.17, 15) is 30.0 Å². The lowest BCUT2D eigenvalue weighted by Crippen LogP contribution is -2.69. The Balaban J connectivity index is 1.84. The number of Topliss-reactive ketones (excluding diaryl/α,β-unsaturated/α-hetero) is 1. The summed E-state index contributed by atoms with van der Waals surface area (Å²) in [6, 6.07) is 0. The van der Waals surface area contributed by atoms with Gasteiger partial charge in [-0.05, 0) is 50.7 Å². The molecule has 0 radical (unpaired) electrons. The summed E-state index contributed by atoms with van der Waals surface area (Å²) in [5.74, 6) is -2.38. The standard InChI is InChI=1S/C21H27FO6/c1-18-6-5-12(24)7-11(18)3-4-13-14-8-15(25)21(28,17(27)10-23)19(14,2)9-16(26)20(13,18)22/h5-7,13-16,23,25-26,28H,3-4,8-10H2,1-2H3/t13-,14+,15+,16+,18-,19-,20-,21-/m0/s1. The third-order valence-corrected chi connectivity index (χ3v) is 8.43. The van der Waals surface area contributed by atoms with Gasteiger partial charge in [0.05, 0.1) is 12.2 Å². The minimum Gasteiger partial charge on any atom is -0.390 e. The monoisotopic (exact) mass is 394 g/mol. The molecule has 0 aromatic heterocycles. The number of carbonyl (C=O) groups excluding carboxylic acids is 2. The van der Waals surface area contributed by atoms with Crippen molar-refractivity contribution in [2.45, 2.75) is 63.0 Å². The van der Waals surface area contributed by atoms with Crippen molar-refractivity contribution in [1.29, 1.82) is 0 Å². The van der Waals surface area contributed by atoms with Crippen LogP contribution in [0.15, 0.2) is 23.8 Å². The lowest BCUT2D eigenvalue weighted by Gasteiger charge is -2.62. The zero-order valence-corrected chi connectivity index (χ0v) is 16.1. The van der Waals surface area contributed by atoms with Crippen molar-refractivity contribution in [3.05, 3.63) is 23.8 Å². The molecular weight excluding hydrogens is 367 g/mol. The predicted molar refractivity (Wildman–Crippen MR) is 96.8 cm³/mol. The summed E-state index contributed by atoms with van der Waals surface area (Å²) in [5.41, 5.74) is -6.12. The zero-order valence-electron chi connectivity index (χ0n) is 16.1. The van der Waals surface area contributed by atoms with E-state index in [1.54, 1.807) is 13.8 Å². The minimum atomic E-state index is -2.23. The Bertz CT molecular complexity index is 807. The second kappa shape index (κ2) is 5.81. The zero-order chi connectivity index (χ0) is 20.7. The molecule has 7 heteroatoms. The Morgan fingerprint density at radius 3 is 2.57 bits per heavy atom. The van der Waals surface area contributed by atoms with Gasteiger partial charge in [-0.1, -0.05) is 18.6 Å². The first-order chi connectivity index (χ1) is 13.0. The summed E-state index contributed by atoms with van der Waals surface area (Å²) >= 11 is 0. The number of hydrogen-bond donors (Lipinski definition) is 4. The number of hydrogen-bond acceptors (Lipinski definition) is 6. The molecule has 6 nitrogen and oxygen atoms in total. The molecule has 4 N–H and O–H groups in total. The molecule has 4 aliphatic rings. The van der Waals surface area contributed by atoms with Gasteiger partial charge in [-0.2, -0.15) is 0 Å². The Morgan fingerprint density at radius 1 is 1.25 bits per heavy atom. The van der Waals surface area contributed by atoms with E-state index in [1.165, 1.54) is 18.2 Å². The molecule has 0 heterocycles. The van der Waals surface area contributed by atoms with Gasteiger partial charge in [-0.15, -0.1) is 0 Å². The third kappa shape index (κ3) is 2.01. The first-order valence-corrected chi connectivity index (χ1v) is 9.82. The van der Waals surface area contributed by atoms with E-state index in [4.69, 9.17) is 0 Å². The quantitative estimate of drug-likeness (QED) is 0.546. The number of aliphatic hydroxyl groups excluding tert-OH is 3. The normalized spacial score (nSPS) is 52.5. The van der Waals surface area contributed by atoms with Crippen molar-refractivity contribution < 1.29 is 34.4 Å². The van der Waals surface area contributed by atoms with E-state index in [1.807, 2.05) is 0 Å². The highest BCUT2D eigenvalue weighted by Crippen LogP contribution is 2.69. The average molecular weight is 394 g/mol. The maximum atomic E-state index is 16.8. The molecule has 0 aromatic carbocycles. The SMILES string of the molecule is C[C@]12C=CC(=O)C=C1CC[C@H]1[C@H]3C[C@@H](O)[C@](O)(C(=O)CO)[C@@]3(C)C[C@@H](O)[C@@]12F. The number of rotatable bonds is 2. The second-order valence-corrected chi connectivity index (χ2v) is 9.36. The third-order valence-electron chi connectivity index (χ3n) is 8.43. The van der Waals surface area contributed by atoms with Crippen molar-refractivity contribution in [2.75, 3.05) is 6.61 Å². The van der Waals surface area contributed by atoms with Gasteiger partial charge in [0.2, 0.25) is 0 Å². The van der Waals surface area contributed by atoms with Crippen LogP contribution < -0.4 is 0 Å². The predicted octanol–water partition coefficient (Wildman–Crippen LogP) is 0.620. The summed E-state index contributed by atoms with van der Waals surface area (Å²) in [6.07, 6.45) is 1.93. The molecule has 3 saturated carbocycles. The Labute approximate surface area is 162 Å². The maximum absolute atomic E-state index is 16.8. The fourth-order valence-corrected chi connectivity index (χ4v) is 6.85. The molecule has 28 heavy (non-hydrogen) atoms. The number of ketones is 2. The van der Waals surface area contributed by atoms with Crippen LogP contribution in [0.1, 0.15) is 39.5 Å². The van der Waals surface area contributed by atoms with E-state index in [2.05, 4.69) is 0 Å². The molecule has 0 aromatic rings. The molecule has 154 valence electrons. The van der Waals surface area contributed by atoms with Crippen LogP contribution in [-0.4, -0.2) is 62.1 Å². The molecule has 3 fully saturated rings. The largest absolute Gasteiger partial charge is 0.390 e. The van der Waals surface area contributed by atoms with Crippen LogP contribution >= 0.6 is 0 Å². The smallest absolute Gasteiger partial charge is 0.192 e. The lowest BCUT2D eigenvalue weighted by molar-refractivity contribution is -0.222. The first-order valence-electron chi connectivity index (χ1n) is 9.82. The maximum Gasteiger partial charge on any atom is 0.192 e. The molecule has 0 aliphatic heterocycles. The lowest BCUT2D eigenvalue weighted by atomic mass is 9.44. The van der Waals surface area contributed by atoms with Crippen LogP contribution in [0, 0.1) is 22.7 Å². The Kier molecular flexibility index (Phi) is 4.13. The summed E-state index contributed by atoms with van der Waals surface area (Å²) in [6.45, 7) is 2.33. The van der Waals surface area contributed by atoms with Gasteiger partial charge in [-0.3, -0.25) is 9.59 Å². The van der Waals surface area contributed by atoms with Crippen LogP contribution in [0.25, 0.3) is 0 Å². The average Bonchev–Trinajstić information content (AvgIpc) is 2.84. The van der Waals surface area contributed by atoms with Crippen molar-refractivity contribution in [3.8, 4) is 0 Å². The van der Waals surface area contributed by atoms with Crippen molar-refractivity contribution in [1.82, 2.24) is 0 Å². The molecule has 8 atom stereocenters. The van der Waals surface area contributed by atoms with Crippen molar-refractivity contribution in [3.63, 3.8) is 0 Å². The van der Waals surface area contributed by atoms with Gasteiger partial charge in [-0.25, -0.2) is 4.39 Å². The Hall–Kier alpha value is -1.41. The summed E-state index contributed by atoms with van der Waals surface area (Å²) in [4.78, 5) is 24.2. The number of halogens is 1. The van der Waals surface area contributed by atoms with E-state index in [-0.39, 0.29) is 18.6 Å². The Morgan fingerprint density at radius 2 is 1.93 bits per heavy atom. The summed E-state index contributed by atoms with van der Waals surface area (Å²) in [5, 5.41) is 42.1. The molecule has 0 saturated heterocycles. The molecule has 0 unspecified atom stereocenters. The number of aliphatic hydroxyl groups is 4.